The van der Waals surface area contributed by atoms with Gasteiger partial charge in [0.15, 0.2) is 5.13 Å². The first kappa shape index (κ1) is 17.4. The number of likely N-dealkylation sites (N-methyl/N-ethyl adjacent to an activating group) is 1. The van der Waals surface area contributed by atoms with Crippen molar-refractivity contribution in [2.45, 2.75) is 20.8 Å². The smallest absolute Gasteiger partial charge is 0.254 e. The third kappa shape index (κ3) is 4.53. The second kappa shape index (κ2) is 7.57. The van der Waals surface area contributed by atoms with Gasteiger partial charge in [0.05, 0.1) is 5.69 Å². The monoisotopic (exact) mass is 351 g/mol. The number of nitrogens with one attached hydrogen (secondary N) is 1. The van der Waals surface area contributed by atoms with Gasteiger partial charge in [0.1, 0.15) is 6.54 Å². The van der Waals surface area contributed by atoms with Crippen LogP contribution in [-0.2, 0) is 4.79 Å². The molecule has 0 atom stereocenters. The van der Waals surface area contributed by atoms with Gasteiger partial charge in [-0.15, -0.1) is 11.3 Å². The Morgan fingerprint density at radius 3 is 2.43 bits per heavy atom. The number of nitrogens with zero attached hydrogens (tertiary/aromatic N) is 2. The van der Waals surface area contributed by atoms with E-state index in [0.717, 1.165) is 10.6 Å². The lowest BCUT2D eigenvalue weighted by Crippen LogP contribution is -2.37. The minimum atomic E-state index is -0.261. The molecule has 0 aliphatic heterocycles. The average Bonchev–Trinajstić information content (AvgIpc) is 2.82. The van der Waals surface area contributed by atoms with Crippen LogP contribution in [0.1, 0.15) is 27.9 Å². The maximum Gasteiger partial charge on any atom is 0.254 e. The van der Waals surface area contributed by atoms with Crippen molar-refractivity contribution in [2.75, 3.05) is 18.4 Å². The molecule has 122 valence electrons. The van der Waals surface area contributed by atoms with Crippen LogP contribution in [0.15, 0.2) is 24.3 Å². The lowest BCUT2D eigenvalue weighted by atomic mass is 10.2. The van der Waals surface area contributed by atoms with Gasteiger partial charge in [-0.05, 0) is 45.0 Å². The minimum Gasteiger partial charge on any atom is -0.330 e. The van der Waals surface area contributed by atoms with Crippen LogP contribution in [-0.4, -0.2) is 34.8 Å². The van der Waals surface area contributed by atoms with Crippen LogP contribution in [0, 0.1) is 13.8 Å². The highest BCUT2D eigenvalue weighted by atomic mass is 35.5. The Labute approximate surface area is 144 Å². The molecular weight excluding hydrogens is 334 g/mol. The lowest BCUT2D eigenvalue weighted by molar-refractivity contribution is -0.116. The topological polar surface area (TPSA) is 62.3 Å². The summed E-state index contributed by atoms with van der Waals surface area (Å²) >= 11 is 7.25. The molecule has 0 aliphatic rings. The molecule has 1 aromatic carbocycles. The molecule has 1 aromatic heterocycles. The maximum atomic E-state index is 12.4. The molecule has 0 unspecified atom stereocenters. The fourth-order valence-electron chi connectivity index (χ4n) is 1.96. The van der Waals surface area contributed by atoms with Crippen molar-refractivity contribution in [1.29, 1.82) is 0 Å². The van der Waals surface area contributed by atoms with Gasteiger partial charge < -0.3 is 10.2 Å². The molecule has 0 bridgehead atoms. The largest absolute Gasteiger partial charge is 0.330 e. The molecule has 0 fully saturated rings. The molecule has 5 nitrogen and oxygen atoms in total. The Morgan fingerprint density at radius 2 is 1.91 bits per heavy atom. The molecule has 0 saturated carbocycles. The third-order valence-electron chi connectivity index (χ3n) is 3.37. The van der Waals surface area contributed by atoms with Crippen LogP contribution in [0.5, 0.6) is 0 Å². The quantitative estimate of drug-likeness (QED) is 0.896. The normalized spacial score (nSPS) is 10.4. The standard InChI is InChI=1S/C16H18ClN3O2S/c1-4-20(15(22)12-5-7-13(17)8-6-12)9-14(21)19-16-18-10(2)11(3)23-16/h5-8H,4,9H2,1-3H3,(H,18,19,21). The summed E-state index contributed by atoms with van der Waals surface area (Å²) in [5, 5.41) is 3.86. The van der Waals surface area contributed by atoms with E-state index in [1.54, 1.807) is 24.3 Å². The van der Waals surface area contributed by atoms with E-state index in [0.29, 0.717) is 22.3 Å². The Hall–Kier alpha value is -1.92. The molecule has 23 heavy (non-hydrogen) atoms. The zero-order chi connectivity index (χ0) is 17.0. The number of aromatic nitrogens is 1. The van der Waals surface area contributed by atoms with E-state index in [2.05, 4.69) is 10.3 Å². The molecule has 0 aliphatic carbocycles. The maximum absolute atomic E-state index is 12.4. The highest BCUT2D eigenvalue weighted by Gasteiger charge is 2.18. The molecule has 1 N–H and O–H groups in total. The molecule has 2 aromatic rings. The highest BCUT2D eigenvalue weighted by molar-refractivity contribution is 7.15. The van der Waals surface area contributed by atoms with Crippen LogP contribution in [0.4, 0.5) is 5.13 Å². The van der Waals surface area contributed by atoms with E-state index < -0.39 is 0 Å². The number of anilines is 1. The van der Waals surface area contributed by atoms with Crippen LogP contribution in [0.2, 0.25) is 5.02 Å². The van der Waals surface area contributed by atoms with Gasteiger partial charge >= 0.3 is 0 Å². The van der Waals surface area contributed by atoms with Crippen molar-refractivity contribution in [2.24, 2.45) is 0 Å². The molecule has 2 rings (SSSR count). The van der Waals surface area contributed by atoms with E-state index in [-0.39, 0.29) is 18.4 Å². The molecule has 0 spiro atoms. The Morgan fingerprint density at radius 1 is 1.26 bits per heavy atom. The second-order valence-corrected chi connectivity index (χ2v) is 6.67. The van der Waals surface area contributed by atoms with E-state index >= 15 is 0 Å². The number of carbonyl (C=O) groups excluding carboxylic acids is 2. The van der Waals surface area contributed by atoms with Crippen molar-refractivity contribution in [3.8, 4) is 0 Å². The van der Waals surface area contributed by atoms with Crippen LogP contribution in [0.25, 0.3) is 0 Å². The van der Waals surface area contributed by atoms with Crippen LogP contribution in [0.3, 0.4) is 0 Å². The summed E-state index contributed by atoms with van der Waals surface area (Å²) in [6.07, 6.45) is 0. The summed E-state index contributed by atoms with van der Waals surface area (Å²) in [6, 6.07) is 6.62. The van der Waals surface area contributed by atoms with Crippen molar-refractivity contribution in [3.63, 3.8) is 0 Å². The van der Waals surface area contributed by atoms with Gasteiger partial charge in [-0.25, -0.2) is 4.98 Å². The van der Waals surface area contributed by atoms with Crippen LogP contribution < -0.4 is 5.32 Å². The number of benzene rings is 1. The predicted octanol–water partition coefficient (Wildman–Crippen LogP) is 3.51. The average molecular weight is 352 g/mol. The summed E-state index contributed by atoms with van der Waals surface area (Å²) in [6.45, 7) is 6.09. The number of hydrogen-bond acceptors (Lipinski definition) is 4. The third-order valence-corrected chi connectivity index (χ3v) is 4.61. The molecule has 7 heteroatoms. The van der Waals surface area contributed by atoms with E-state index in [1.165, 1.54) is 16.2 Å². The van der Waals surface area contributed by atoms with Crippen molar-refractivity contribution in [3.05, 3.63) is 45.4 Å². The van der Waals surface area contributed by atoms with Gasteiger partial charge in [0.2, 0.25) is 5.91 Å². The van der Waals surface area contributed by atoms with Crippen molar-refractivity contribution < 1.29 is 9.59 Å². The molecular formula is C16H18ClN3O2S. The zero-order valence-corrected chi connectivity index (χ0v) is 14.8. The fourth-order valence-corrected chi connectivity index (χ4v) is 2.92. The lowest BCUT2D eigenvalue weighted by Gasteiger charge is -2.20. The molecule has 0 radical (unpaired) electrons. The predicted molar refractivity (Wildman–Crippen MR) is 93.2 cm³/mol. The summed E-state index contributed by atoms with van der Waals surface area (Å²) in [4.78, 5) is 31.4. The second-order valence-electron chi connectivity index (χ2n) is 5.04. The Balaban J connectivity index is 2.01. The minimum absolute atomic E-state index is 0.0182. The Kier molecular flexibility index (Phi) is 5.74. The van der Waals surface area contributed by atoms with Gasteiger partial charge in [-0.1, -0.05) is 11.6 Å². The van der Waals surface area contributed by atoms with Crippen molar-refractivity contribution >= 4 is 39.9 Å². The summed E-state index contributed by atoms with van der Waals surface area (Å²) in [7, 11) is 0. The number of hydrogen-bond donors (Lipinski definition) is 1. The Bertz CT molecular complexity index is 693. The van der Waals surface area contributed by atoms with E-state index in [1.807, 2.05) is 20.8 Å². The van der Waals surface area contributed by atoms with Gasteiger partial charge in [0, 0.05) is 22.0 Å². The first-order chi connectivity index (χ1) is 10.9. The highest BCUT2D eigenvalue weighted by Crippen LogP contribution is 2.21. The van der Waals surface area contributed by atoms with E-state index in [9.17, 15) is 9.59 Å². The number of carbonyl (C=O) groups is 2. The first-order valence-electron chi connectivity index (χ1n) is 7.19. The molecule has 0 saturated heterocycles. The van der Waals surface area contributed by atoms with E-state index in [4.69, 9.17) is 11.6 Å². The SMILES string of the molecule is CCN(CC(=O)Nc1nc(C)c(C)s1)C(=O)c1ccc(Cl)cc1. The molecule has 1 heterocycles. The number of aryl methyl sites for hydroxylation is 2. The van der Waals surface area contributed by atoms with Gasteiger partial charge in [-0.3, -0.25) is 9.59 Å². The number of halogens is 1. The van der Waals surface area contributed by atoms with Crippen molar-refractivity contribution in [1.82, 2.24) is 9.88 Å². The number of thiazole rings is 1. The number of amides is 2. The molecule has 2 amide bonds. The summed E-state index contributed by atoms with van der Waals surface area (Å²) < 4.78 is 0. The summed E-state index contributed by atoms with van der Waals surface area (Å²) in [5.74, 6) is -0.464. The first-order valence-corrected chi connectivity index (χ1v) is 8.39. The van der Waals surface area contributed by atoms with Gasteiger partial charge in [0.25, 0.3) is 5.91 Å². The fraction of sp³-hybridized carbons (Fsp3) is 0.312. The number of rotatable bonds is 5. The van der Waals surface area contributed by atoms with Crippen LogP contribution >= 0.6 is 22.9 Å². The van der Waals surface area contributed by atoms with Gasteiger partial charge in [-0.2, -0.15) is 0 Å². The summed E-state index contributed by atoms with van der Waals surface area (Å²) in [5.41, 5.74) is 1.40. The zero-order valence-electron chi connectivity index (χ0n) is 13.2.